The molecule has 0 aromatic heterocycles. The Balaban J connectivity index is 0. The van der Waals surface area contributed by atoms with E-state index in [2.05, 4.69) is 27.7 Å². The molecule has 0 aliphatic carbocycles. The monoisotopic (exact) mass is 573 g/mol. The van der Waals surface area contributed by atoms with Crippen molar-refractivity contribution in [2.75, 3.05) is 19.8 Å². The molecule has 0 fully saturated rings. The molecule has 2 N–H and O–H groups in total. The van der Waals surface area contributed by atoms with Gasteiger partial charge in [0, 0.05) is 6.42 Å². The molecule has 0 aromatic rings. The van der Waals surface area contributed by atoms with E-state index in [-0.39, 0.29) is 5.48 Å². The van der Waals surface area contributed by atoms with Crippen LogP contribution < -0.4 is 0 Å². The van der Waals surface area contributed by atoms with Crippen molar-refractivity contribution < 1.29 is 19.7 Å². The van der Waals surface area contributed by atoms with Gasteiger partial charge in [0.2, 0.25) is 0 Å². The van der Waals surface area contributed by atoms with Crippen LogP contribution in [0.2, 0.25) is 0 Å². The lowest BCUT2D eigenvalue weighted by molar-refractivity contribution is -0.384. The molecule has 4 heteroatoms. The minimum atomic E-state index is -0.822. The van der Waals surface area contributed by atoms with E-state index in [1.807, 2.05) is 0 Å². The molecule has 0 rings (SSSR count). The van der Waals surface area contributed by atoms with Crippen molar-refractivity contribution in [1.29, 1.82) is 0 Å². The third-order valence-electron chi connectivity index (χ3n) is 8.05. The molecule has 4 nitrogen and oxygen atoms in total. The van der Waals surface area contributed by atoms with E-state index in [4.69, 9.17) is 14.2 Å². The fourth-order valence-electron chi connectivity index (χ4n) is 5.32. The Morgan fingerprint density at radius 2 is 0.525 bits per heavy atom. The van der Waals surface area contributed by atoms with Crippen LogP contribution in [0, 0.1) is 0 Å². The van der Waals surface area contributed by atoms with Crippen molar-refractivity contribution >= 4 is 0 Å². The molecule has 0 aromatic carbocycles. The molecule has 244 valence electrons. The van der Waals surface area contributed by atoms with Gasteiger partial charge in [-0.3, -0.25) is 0 Å². The molecule has 0 aliphatic rings. The van der Waals surface area contributed by atoms with Crippen molar-refractivity contribution in [2.24, 2.45) is 0 Å². The molecular formula is C36H76O4. The average Bonchev–Trinajstić information content (AvgIpc) is 2.94. The Labute approximate surface area is 252 Å². The Morgan fingerprint density at radius 3 is 0.825 bits per heavy atom. The van der Waals surface area contributed by atoms with Gasteiger partial charge in [-0.05, 0) is 25.7 Å². The summed E-state index contributed by atoms with van der Waals surface area (Å²) in [4.78, 5) is 0. The maximum atomic E-state index is 6.55. The summed E-state index contributed by atoms with van der Waals surface area (Å²) in [5, 5.41) is 0. The summed E-state index contributed by atoms with van der Waals surface area (Å²) in [5.74, 6) is -0.822. The first kappa shape index (κ1) is 42.0. The van der Waals surface area contributed by atoms with Crippen molar-refractivity contribution in [3.63, 3.8) is 0 Å². The van der Waals surface area contributed by atoms with Crippen molar-refractivity contribution in [2.45, 2.75) is 213 Å². The molecule has 0 aliphatic heterocycles. The van der Waals surface area contributed by atoms with E-state index in [0.717, 1.165) is 51.9 Å². The van der Waals surface area contributed by atoms with Crippen LogP contribution in [-0.2, 0) is 14.2 Å². The number of unbranched alkanes of at least 4 members (excludes halogenated alkanes) is 23. The first-order valence-corrected chi connectivity index (χ1v) is 18.2. The molecule has 40 heavy (non-hydrogen) atoms. The quantitative estimate of drug-likeness (QED) is 0.0569. The van der Waals surface area contributed by atoms with Gasteiger partial charge in [-0.2, -0.15) is 0 Å². The summed E-state index contributed by atoms with van der Waals surface area (Å²) in [6, 6.07) is 0. The van der Waals surface area contributed by atoms with E-state index in [0.29, 0.717) is 0 Å². The highest BCUT2D eigenvalue weighted by molar-refractivity contribution is 4.62. The Hall–Kier alpha value is -0.160. The zero-order valence-corrected chi connectivity index (χ0v) is 28.1. The van der Waals surface area contributed by atoms with Crippen molar-refractivity contribution in [3.8, 4) is 0 Å². The number of hydrogen-bond donors (Lipinski definition) is 0. The van der Waals surface area contributed by atoms with Gasteiger partial charge in [0.25, 0.3) is 5.97 Å². The zero-order chi connectivity index (χ0) is 28.5. The molecular weight excluding hydrogens is 496 g/mol. The fraction of sp³-hybridized carbons (Fsp3) is 1.00. The van der Waals surface area contributed by atoms with Crippen LogP contribution in [0.1, 0.15) is 207 Å². The summed E-state index contributed by atoms with van der Waals surface area (Å²) < 4.78 is 19.6. The summed E-state index contributed by atoms with van der Waals surface area (Å²) in [6.45, 7) is 11.4. The lowest BCUT2D eigenvalue weighted by Crippen LogP contribution is -2.40. The highest BCUT2D eigenvalue weighted by Crippen LogP contribution is 2.26. The van der Waals surface area contributed by atoms with E-state index in [1.165, 1.54) is 148 Å². The summed E-state index contributed by atoms with van der Waals surface area (Å²) >= 11 is 0. The molecule has 0 bridgehead atoms. The van der Waals surface area contributed by atoms with Gasteiger partial charge in [0.1, 0.15) is 0 Å². The molecule has 0 heterocycles. The largest absolute Gasteiger partial charge is 0.412 e. The maximum absolute atomic E-state index is 6.55. The fourth-order valence-corrected chi connectivity index (χ4v) is 5.32. The predicted molar refractivity (Wildman–Crippen MR) is 176 cm³/mol. The van der Waals surface area contributed by atoms with E-state index in [1.54, 1.807) is 0 Å². The topological polar surface area (TPSA) is 59.2 Å². The minimum Gasteiger partial charge on any atom is -0.412 e. The summed E-state index contributed by atoms with van der Waals surface area (Å²) in [5.41, 5.74) is 0. The predicted octanol–water partition coefficient (Wildman–Crippen LogP) is 11.9. The van der Waals surface area contributed by atoms with Gasteiger partial charge in [-0.25, -0.2) is 0 Å². The van der Waals surface area contributed by atoms with Crippen LogP contribution >= 0.6 is 0 Å². The summed E-state index contributed by atoms with van der Waals surface area (Å²) in [6.07, 6.45) is 36.0. The highest BCUT2D eigenvalue weighted by Gasteiger charge is 2.33. The second-order valence-electron chi connectivity index (χ2n) is 12.1. The van der Waals surface area contributed by atoms with Crippen LogP contribution in [0.4, 0.5) is 0 Å². The summed E-state index contributed by atoms with van der Waals surface area (Å²) in [7, 11) is 0. The Kier molecular flexibility index (Phi) is 36.8. The number of hydrogen-bond acceptors (Lipinski definition) is 3. The van der Waals surface area contributed by atoms with E-state index >= 15 is 0 Å². The van der Waals surface area contributed by atoms with Crippen LogP contribution in [-0.4, -0.2) is 31.3 Å². The molecule has 0 saturated heterocycles. The molecule has 0 saturated carbocycles. The first-order valence-electron chi connectivity index (χ1n) is 18.2. The molecule has 0 radical (unpaired) electrons. The third-order valence-corrected chi connectivity index (χ3v) is 8.05. The normalized spacial score (nSPS) is 12.9. The van der Waals surface area contributed by atoms with Crippen LogP contribution in [0.25, 0.3) is 0 Å². The second-order valence-corrected chi connectivity index (χ2v) is 12.1. The first-order chi connectivity index (χ1) is 19.2. The highest BCUT2D eigenvalue weighted by atomic mass is 16.9. The minimum absolute atomic E-state index is 0. The smallest absolute Gasteiger partial charge is 0.282 e. The van der Waals surface area contributed by atoms with Gasteiger partial charge in [0.15, 0.2) is 0 Å². The van der Waals surface area contributed by atoms with Crippen LogP contribution in [0.3, 0.4) is 0 Å². The van der Waals surface area contributed by atoms with E-state index in [9.17, 15) is 0 Å². The van der Waals surface area contributed by atoms with E-state index < -0.39 is 5.97 Å². The molecule has 0 amide bonds. The van der Waals surface area contributed by atoms with Gasteiger partial charge in [-0.15, -0.1) is 0 Å². The Morgan fingerprint density at radius 1 is 0.300 bits per heavy atom. The lowest BCUT2D eigenvalue weighted by atomic mass is 10.1. The molecule has 1 atom stereocenters. The van der Waals surface area contributed by atoms with Crippen LogP contribution in [0.15, 0.2) is 0 Å². The number of rotatable bonds is 34. The average molecular weight is 573 g/mol. The Bertz CT molecular complexity index is 421. The number of ether oxygens (including phenoxy) is 3. The van der Waals surface area contributed by atoms with Crippen molar-refractivity contribution in [1.82, 2.24) is 0 Å². The third kappa shape index (κ3) is 29.3. The maximum Gasteiger partial charge on any atom is 0.282 e. The molecule has 0 spiro atoms. The van der Waals surface area contributed by atoms with Gasteiger partial charge < -0.3 is 19.7 Å². The van der Waals surface area contributed by atoms with Crippen molar-refractivity contribution in [3.05, 3.63) is 0 Å². The molecule has 1 unspecified atom stereocenters. The lowest BCUT2D eigenvalue weighted by Gasteiger charge is -2.34. The zero-order valence-electron chi connectivity index (χ0n) is 28.1. The van der Waals surface area contributed by atoms with Crippen LogP contribution in [0.5, 0.6) is 0 Å². The second kappa shape index (κ2) is 35.0. The standard InChI is InChI=1S/C36H74O3.H2O/c1-5-9-13-17-20-22-23-25-28-32-36(37-33-29-16-12-8-4,38-34-30-26-19-15-11-7-3)39-35-31-27-24-21-18-14-10-6-2;/h5-35H2,1-4H3;1H2. The van der Waals surface area contributed by atoms with Gasteiger partial charge >= 0.3 is 0 Å². The van der Waals surface area contributed by atoms with Gasteiger partial charge in [0.05, 0.1) is 19.8 Å². The SMILES string of the molecule is CCCCCCCCCCCC(OCCCCCC)(OCCCCCCCC)OCCCCCCCCCC.O. The van der Waals surface area contributed by atoms with Gasteiger partial charge in [-0.1, -0.05) is 175 Å².